The van der Waals surface area contributed by atoms with E-state index in [9.17, 15) is 0 Å². The van der Waals surface area contributed by atoms with Crippen molar-refractivity contribution in [1.82, 2.24) is 0 Å². The standard InChI is InChI=1S/C16H22BrNO2/c1-3-15(2)10-16(6-7-19-15)9-13(18)12-5-4-11(17)8-14(12)20-16/h4-5,8,13H,3,6-7,9-10,18H2,1-2H3/t13-,15?,16?/m0/s1. The molecule has 0 radical (unpaired) electrons. The van der Waals surface area contributed by atoms with E-state index in [-0.39, 0.29) is 17.2 Å². The molecule has 0 bridgehead atoms. The van der Waals surface area contributed by atoms with Crippen molar-refractivity contribution < 1.29 is 9.47 Å². The van der Waals surface area contributed by atoms with Crippen molar-refractivity contribution >= 4 is 15.9 Å². The van der Waals surface area contributed by atoms with E-state index in [0.29, 0.717) is 0 Å². The van der Waals surface area contributed by atoms with Gasteiger partial charge < -0.3 is 15.2 Å². The van der Waals surface area contributed by atoms with Gasteiger partial charge in [0.05, 0.1) is 12.2 Å². The number of fused-ring (bicyclic) bond motifs is 1. The fourth-order valence-electron chi connectivity index (χ4n) is 3.48. The highest BCUT2D eigenvalue weighted by molar-refractivity contribution is 9.10. The van der Waals surface area contributed by atoms with E-state index in [0.717, 1.165) is 48.1 Å². The van der Waals surface area contributed by atoms with Crippen LogP contribution in [0.4, 0.5) is 0 Å². The van der Waals surface area contributed by atoms with E-state index in [1.54, 1.807) is 0 Å². The van der Waals surface area contributed by atoms with E-state index >= 15 is 0 Å². The molecule has 2 aliphatic rings. The third-order valence-electron chi connectivity index (χ3n) is 4.75. The Bertz CT molecular complexity index is 521. The van der Waals surface area contributed by atoms with Crippen LogP contribution in [-0.4, -0.2) is 17.8 Å². The molecule has 0 aromatic heterocycles. The smallest absolute Gasteiger partial charge is 0.126 e. The first-order valence-corrected chi connectivity index (χ1v) is 8.13. The molecule has 2 unspecified atom stereocenters. The van der Waals surface area contributed by atoms with Crippen molar-refractivity contribution in [3.63, 3.8) is 0 Å². The summed E-state index contributed by atoms with van der Waals surface area (Å²) in [5.41, 5.74) is 7.24. The van der Waals surface area contributed by atoms with Crippen LogP contribution in [0.1, 0.15) is 51.1 Å². The Hall–Kier alpha value is -0.580. The van der Waals surface area contributed by atoms with Crippen molar-refractivity contribution in [3.05, 3.63) is 28.2 Å². The van der Waals surface area contributed by atoms with Crippen molar-refractivity contribution in [1.29, 1.82) is 0 Å². The van der Waals surface area contributed by atoms with E-state index in [4.69, 9.17) is 15.2 Å². The van der Waals surface area contributed by atoms with Crippen LogP contribution in [0.3, 0.4) is 0 Å². The molecule has 3 atom stereocenters. The molecule has 2 N–H and O–H groups in total. The zero-order valence-electron chi connectivity index (χ0n) is 12.1. The summed E-state index contributed by atoms with van der Waals surface area (Å²) in [6.45, 7) is 5.10. The third-order valence-corrected chi connectivity index (χ3v) is 5.24. The minimum Gasteiger partial charge on any atom is -0.487 e. The molecule has 1 aromatic rings. The Kier molecular flexibility index (Phi) is 3.59. The summed E-state index contributed by atoms with van der Waals surface area (Å²) in [6, 6.07) is 6.18. The van der Waals surface area contributed by atoms with Crippen LogP contribution in [0.2, 0.25) is 0 Å². The molecular weight excluding hydrogens is 318 g/mol. The van der Waals surface area contributed by atoms with Gasteiger partial charge in [-0.3, -0.25) is 0 Å². The molecule has 3 rings (SSSR count). The van der Waals surface area contributed by atoms with Gasteiger partial charge in [0.1, 0.15) is 11.4 Å². The molecule has 0 aliphatic carbocycles. The molecule has 3 nitrogen and oxygen atoms in total. The van der Waals surface area contributed by atoms with Crippen molar-refractivity contribution in [3.8, 4) is 5.75 Å². The summed E-state index contributed by atoms with van der Waals surface area (Å²) in [7, 11) is 0. The average Bonchev–Trinajstić information content (AvgIpc) is 2.37. The molecule has 2 heterocycles. The van der Waals surface area contributed by atoms with Crippen molar-refractivity contribution in [2.75, 3.05) is 6.61 Å². The second-order valence-corrected chi connectivity index (χ2v) is 7.27. The first-order valence-electron chi connectivity index (χ1n) is 7.33. The average molecular weight is 340 g/mol. The fourth-order valence-corrected chi connectivity index (χ4v) is 3.82. The van der Waals surface area contributed by atoms with Crippen LogP contribution in [0, 0.1) is 0 Å². The lowest BCUT2D eigenvalue weighted by Gasteiger charge is -2.49. The fraction of sp³-hybridized carbons (Fsp3) is 0.625. The monoisotopic (exact) mass is 339 g/mol. The summed E-state index contributed by atoms with van der Waals surface area (Å²) < 4.78 is 13.4. The van der Waals surface area contributed by atoms with Crippen LogP contribution < -0.4 is 10.5 Å². The predicted molar refractivity (Wildman–Crippen MR) is 82.9 cm³/mol. The molecule has 2 aliphatic heterocycles. The van der Waals surface area contributed by atoms with Crippen molar-refractivity contribution in [2.24, 2.45) is 5.73 Å². The summed E-state index contributed by atoms with van der Waals surface area (Å²) in [6.07, 6.45) is 3.71. The maximum Gasteiger partial charge on any atom is 0.126 e. The van der Waals surface area contributed by atoms with Gasteiger partial charge in [-0.25, -0.2) is 0 Å². The Morgan fingerprint density at radius 3 is 3.00 bits per heavy atom. The first-order chi connectivity index (χ1) is 9.45. The minimum absolute atomic E-state index is 0.0473. The number of benzene rings is 1. The van der Waals surface area contributed by atoms with Gasteiger partial charge in [-0.05, 0) is 25.5 Å². The van der Waals surface area contributed by atoms with Crippen LogP contribution in [0.15, 0.2) is 22.7 Å². The highest BCUT2D eigenvalue weighted by Gasteiger charge is 2.47. The summed E-state index contributed by atoms with van der Waals surface area (Å²) in [4.78, 5) is 0. The number of hydrogen-bond acceptors (Lipinski definition) is 3. The maximum absolute atomic E-state index is 6.42. The zero-order chi connectivity index (χ0) is 14.4. The predicted octanol–water partition coefficient (Wildman–Crippen LogP) is 3.95. The second kappa shape index (κ2) is 5.00. The molecule has 110 valence electrons. The molecular formula is C16H22BrNO2. The topological polar surface area (TPSA) is 44.5 Å². The molecule has 4 heteroatoms. The Balaban J connectivity index is 1.93. The van der Waals surface area contributed by atoms with Gasteiger partial charge in [-0.2, -0.15) is 0 Å². The van der Waals surface area contributed by atoms with Gasteiger partial charge in [0.2, 0.25) is 0 Å². The first kappa shape index (κ1) is 14.4. The third kappa shape index (κ3) is 2.49. The number of hydrogen-bond donors (Lipinski definition) is 1. The molecule has 1 fully saturated rings. The van der Waals surface area contributed by atoms with E-state index in [1.165, 1.54) is 0 Å². The molecule has 1 saturated heterocycles. The lowest BCUT2D eigenvalue weighted by molar-refractivity contribution is -0.151. The van der Waals surface area contributed by atoms with Crippen LogP contribution >= 0.6 is 15.9 Å². The van der Waals surface area contributed by atoms with Gasteiger partial charge in [0.25, 0.3) is 0 Å². The summed E-state index contributed by atoms with van der Waals surface area (Å²) >= 11 is 3.51. The quantitative estimate of drug-likeness (QED) is 0.842. The van der Waals surface area contributed by atoms with Gasteiger partial charge >= 0.3 is 0 Å². The Labute approximate surface area is 129 Å². The molecule has 1 spiro atoms. The number of rotatable bonds is 1. The number of nitrogens with two attached hydrogens (primary N) is 1. The van der Waals surface area contributed by atoms with Crippen LogP contribution in [0.25, 0.3) is 0 Å². The van der Waals surface area contributed by atoms with Gasteiger partial charge in [0.15, 0.2) is 0 Å². The van der Waals surface area contributed by atoms with Gasteiger partial charge in [0, 0.05) is 35.3 Å². The van der Waals surface area contributed by atoms with E-state index < -0.39 is 0 Å². The highest BCUT2D eigenvalue weighted by Crippen LogP contribution is 2.47. The van der Waals surface area contributed by atoms with Gasteiger partial charge in [-0.15, -0.1) is 0 Å². The normalized spacial score (nSPS) is 36.5. The van der Waals surface area contributed by atoms with Gasteiger partial charge in [-0.1, -0.05) is 28.9 Å². The minimum atomic E-state index is -0.170. The Morgan fingerprint density at radius 1 is 1.45 bits per heavy atom. The molecule has 20 heavy (non-hydrogen) atoms. The SMILES string of the molecule is CCC1(C)CC2(CCO1)C[C@H](N)c1ccc(Br)cc1O2. The maximum atomic E-state index is 6.42. The number of halogens is 1. The number of ether oxygens (including phenoxy) is 2. The van der Waals surface area contributed by atoms with E-state index in [2.05, 4.69) is 35.8 Å². The Morgan fingerprint density at radius 2 is 2.25 bits per heavy atom. The second-order valence-electron chi connectivity index (χ2n) is 6.36. The lowest BCUT2D eigenvalue weighted by Crippen LogP contribution is -2.53. The van der Waals surface area contributed by atoms with Crippen molar-refractivity contribution in [2.45, 2.75) is 56.8 Å². The largest absolute Gasteiger partial charge is 0.487 e. The summed E-state index contributed by atoms with van der Waals surface area (Å²) in [5.74, 6) is 0.929. The molecule has 1 aromatic carbocycles. The molecule has 0 amide bonds. The van der Waals surface area contributed by atoms with Crippen LogP contribution in [-0.2, 0) is 4.74 Å². The summed E-state index contributed by atoms with van der Waals surface area (Å²) in [5, 5.41) is 0. The highest BCUT2D eigenvalue weighted by atomic mass is 79.9. The molecule has 0 saturated carbocycles. The lowest BCUT2D eigenvalue weighted by atomic mass is 9.75. The zero-order valence-corrected chi connectivity index (χ0v) is 13.7. The van der Waals surface area contributed by atoms with E-state index in [1.807, 2.05) is 12.1 Å². The van der Waals surface area contributed by atoms with Crippen LogP contribution in [0.5, 0.6) is 5.75 Å².